The van der Waals surface area contributed by atoms with E-state index in [0.29, 0.717) is 21.8 Å². The maximum absolute atomic E-state index is 14.5. The first-order chi connectivity index (χ1) is 13.6. The average Bonchev–Trinajstić information content (AvgIpc) is 2.91. The number of rotatable bonds is 5. The van der Waals surface area contributed by atoms with Crippen LogP contribution in [0.4, 0.5) is 4.39 Å². The summed E-state index contributed by atoms with van der Waals surface area (Å²) in [5, 5.41) is 5.64. The van der Waals surface area contributed by atoms with Crippen molar-refractivity contribution in [3.05, 3.63) is 64.4 Å². The van der Waals surface area contributed by atoms with Crippen molar-refractivity contribution in [2.45, 2.75) is 25.2 Å². The number of Topliss-reactive ketones (excluding diaryl/α,β-unsaturated/α-hetero) is 1. The normalized spacial score (nSPS) is 11.7. The number of carbonyl (C=O) groups excluding carboxylic acids is 1. The van der Waals surface area contributed by atoms with Gasteiger partial charge in [-0.2, -0.15) is 0 Å². The fourth-order valence-electron chi connectivity index (χ4n) is 3.58. The van der Waals surface area contributed by atoms with Gasteiger partial charge in [-0.05, 0) is 42.3 Å². The minimum atomic E-state index is -4.18. The Bertz CT molecular complexity index is 1220. The Labute approximate surface area is 174 Å². The van der Waals surface area contributed by atoms with Crippen molar-refractivity contribution in [3.8, 4) is 22.5 Å². The Kier molecular flexibility index (Phi) is 5.67. The molecule has 0 bridgehead atoms. The first-order valence-electron chi connectivity index (χ1n) is 8.87. The molecule has 1 aromatic heterocycles. The second-order valence-corrected chi connectivity index (χ2v) is 8.70. The summed E-state index contributed by atoms with van der Waals surface area (Å²) in [5.41, 5.74) is 3.78. The van der Waals surface area contributed by atoms with Gasteiger partial charge >= 0.3 is 0 Å². The van der Waals surface area contributed by atoms with E-state index < -0.39 is 20.7 Å². The second-order valence-electron chi connectivity index (χ2n) is 6.73. The fraction of sp³-hybridized carbons (Fsp3) is 0.190. The Morgan fingerprint density at radius 1 is 1.10 bits per heavy atom. The van der Waals surface area contributed by atoms with E-state index in [1.165, 1.54) is 6.07 Å². The van der Waals surface area contributed by atoms with Gasteiger partial charge in [0, 0.05) is 29.6 Å². The summed E-state index contributed by atoms with van der Waals surface area (Å²) in [5.74, 6) is -1.06. The molecule has 0 aliphatic carbocycles. The minimum absolute atomic E-state index is 0.0933. The van der Waals surface area contributed by atoms with Gasteiger partial charge in [-0.25, -0.2) is 17.9 Å². The monoisotopic (exact) mass is 434 g/mol. The predicted molar refractivity (Wildman–Crippen MR) is 112 cm³/mol. The van der Waals surface area contributed by atoms with Crippen LogP contribution in [0.1, 0.15) is 29.3 Å². The van der Waals surface area contributed by atoms with Gasteiger partial charge in [-0.3, -0.25) is 4.79 Å². The van der Waals surface area contributed by atoms with Gasteiger partial charge in [0.2, 0.25) is 10.0 Å². The summed E-state index contributed by atoms with van der Waals surface area (Å²) >= 11 is 5.99. The maximum Gasteiger partial charge on any atom is 0.240 e. The van der Waals surface area contributed by atoms with Crippen LogP contribution in [0.25, 0.3) is 22.5 Å². The zero-order valence-electron chi connectivity index (χ0n) is 16.2. The lowest BCUT2D eigenvalue weighted by Crippen LogP contribution is -2.14. The van der Waals surface area contributed by atoms with Crippen molar-refractivity contribution in [1.82, 2.24) is 4.57 Å². The largest absolute Gasteiger partial charge is 0.343 e. The molecule has 29 heavy (non-hydrogen) atoms. The van der Waals surface area contributed by atoms with Crippen molar-refractivity contribution >= 4 is 27.4 Å². The molecular formula is C21H20ClFN2O3S. The van der Waals surface area contributed by atoms with Crippen molar-refractivity contribution in [3.63, 3.8) is 0 Å². The molecule has 0 unspecified atom stereocenters. The summed E-state index contributed by atoms with van der Waals surface area (Å²) < 4.78 is 39.4. The summed E-state index contributed by atoms with van der Waals surface area (Å²) in [6, 6.07) is 10.9. The Morgan fingerprint density at radius 3 is 2.21 bits per heavy atom. The molecule has 152 valence electrons. The van der Waals surface area contributed by atoms with Crippen LogP contribution in [0.15, 0.2) is 47.4 Å². The first kappa shape index (κ1) is 21.2. The number of hydrogen-bond donors (Lipinski definition) is 1. The third-order valence-corrected chi connectivity index (χ3v) is 6.06. The molecule has 0 saturated heterocycles. The predicted octanol–water partition coefficient (Wildman–Crippen LogP) is 4.70. The summed E-state index contributed by atoms with van der Waals surface area (Å²) in [7, 11) is -2.40. The van der Waals surface area contributed by atoms with Crippen LogP contribution in [-0.2, 0) is 17.1 Å². The van der Waals surface area contributed by atoms with Crippen LogP contribution in [0.3, 0.4) is 0 Å². The lowest BCUT2D eigenvalue weighted by atomic mass is 9.98. The zero-order chi connectivity index (χ0) is 21.5. The van der Waals surface area contributed by atoms with Gasteiger partial charge in [0.15, 0.2) is 5.78 Å². The number of ketones is 1. The number of benzene rings is 2. The number of sulfonamides is 1. The molecular weight excluding hydrogens is 415 g/mol. The van der Waals surface area contributed by atoms with Gasteiger partial charge in [0.1, 0.15) is 10.7 Å². The minimum Gasteiger partial charge on any atom is -0.343 e. The molecule has 0 aliphatic rings. The van der Waals surface area contributed by atoms with Gasteiger partial charge in [-0.1, -0.05) is 36.7 Å². The molecule has 0 atom stereocenters. The van der Waals surface area contributed by atoms with Crippen molar-refractivity contribution in [2.75, 3.05) is 0 Å². The topological polar surface area (TPSA) is 82.2 Å². The van der Waals surface area contributed by atoms with Crippen LogP contribution in [0, 0.1) is 12.7 Å². The van der Waals surface area contributed by atoms with Crippen molar-refractivity contribution < 1.29 is 17.6 Å². The van der Waals surface area contributed by atoms with E-state index in [4.69, 9.17) is 16.7 Å². The molecule has 2 aromatic carbocycles. The molecule has 0 fully saturated rings. The highest BCUT2D eigenvalue weighted by Crippen LogP contribution is 2.38. The SMILES string of the molecule is CCC(=O)c1c(C)c(-c2ccc(Cl)cc2)n(C)c1-c1ccc(S(N)(=O)=O)c(F)c1. The number of nitrogens with zero attached hydrogens (tertiary/aromatic N) is 1. The molecule has 0 amide bonds. The number of aromatic nitrogens is 1. The number of halogens is 2. The highest BCUT2D eigenvalue weighted by Gasteiger charge is 2.25. The molecule has 0 saturated carbocycles. The van der Waals surface area contributed by atoms with E-state index in [1.807, 2.05) is 23.6 Å². The molecule has 1 heterocycles. The number of carbonyl (C=O) groups is 1. The Hall–Kier alpha value is -2.48. The lowest BCUT2D eigenvalue weighted by Gasteiger charge is -2.11. The number of nitrogens with two attached hydrogens (primary N) is 1. The molecule has 3 aromatic rings. The lowest BCUT2D eigenvalue weighted by molar-refractivity contribution is 0.0988. The van der Waals surface area contributed by atoms with E-state index in [0.717, 1.165) is 29.0 Å². The van der Waals surface area contributed by atoms with Gasteiger partial charge in [0.05, 0.1) is 11.4 Å². The van der Waals surface area contributed by atoms with E-state index in [-0.39, 0.29) is 12.2 Å². The van der Waals surface area contributed by atoms with Gasteiger partial charge < -0.3 is 4.57 Å². The van der Waals surface area contributed by atoms with Crippen LogP contribution in [0.2, 0.25) is 5.02 Å². The van der Waals surface area contributed by atoms with E-state index >= 15 is 0 Å². The molecule has 2 N–H and O–H groups in total. The molecule has 3 rings (SSSR count). The smallest absolute Gasteiger partial charge is 0.240 e. The standard InChI is InChI=1S/C21H20ClFN2O3S/c1-4-17(26)19-12(2)20(13-5-8-15(22)9-6-13)25(3)21(19)14-7-10-18(16(23)11-14)29(24,27)28/h5-11H,4H2,1-3H3,(H2,24,27,28). The molecule has 0 spiro atoms. The summed E-state index contributed by atoms with van der Waals surface area (Å²) in [6.07, 6.45) is 0.273. The third kappa shape index (κ3) is 3.85. The third-order valence-electron chi connectivity index (χ3n) is 4.87. The maximum atomic E-state index is 14.5. The van der Waals surface area contributed by atoms with Gasteiger partial charge in [-0.15, -0.1) is 0 Å². The highest BCUT2D eigenvalue weighted by molar-refractivity contribution is 7.89. The van der Waals surface area contributed by atoms with Crippen LogP contribution in [0.5, 0.6) is 0 Å². The molecule has 0 aliphatic heterocycles. The molecule has 0 radical (unpaired) electrons. The summed E-state index contributed by atoms with van der Waals surface area (Å²) in [4.78, 5) is 12.2. The van der Waals surface area contributed by atoms with Crippen LogP contribution < -0.4 is 5.14 Å². The quantitative estimate of drug-likeness (QED) is 0.591. The zero-order valence-corrected chi connectivity index (χ0v) is 17.7. The van der Waals surface area contributed by atoms with Crippen molar-refractivity contribution in [2.24, 2.45) is 12.2 Å². The molecule has 5 nitrogen and oxygen atoms in total. The summed E-state index contributed by atoms with van der Waals surface area (Å²) in [6.45, 7) is 3.59. The van der Waals surface area contributed by atoms with Crippen molar-refractivity contribution in [1.29, 1.82) is 0 Å². The Balaban J connectivity index is 2.31. The van der Waals surface area contributed by atoms with E-state index in [2.05, 4.69) is 0 Å². The van der Waals surface area contributed by atoms with E-state index in [1.54, 1.807) is 26.1 Å². The number of primary sulfonamides is 1. The van der Waals surface area contributed by atoms with Crippen LogP contribution >= 0.6 is 11.6 Å². The Morgan fingerprint density at radius 2 is 1.69 bits per heavy atom. The molecule has 8 heteroatoms. The second kappa shape index (κ2) is 7.74. The fourth-order valence-corrected chi connectivity index (χ4v) is 4.29. The van der Waals surface area contributed by atoms with Crippen LogP contribution in [-0.4, -0.2) is 18.8 Å². The first-order valence-corrected chi connectivity index (χ1v) is 10.8. The number of hydrogen-bond acceptors (Lipinski definition) is 3. The average molecular weight is 435 g/mol. The highest BCUT2D eigenvalue weighted by atomic mass is 35.5. The van der Waals surface area contributed by atoms with Gasteiger partial charge in [0.25, 0.3) is 0 Å². The van der Waals surface area contributed by atoms with E-state index in [9.17, 15) is 17.6 Å².